The second-order valence-electron chi connectivity index (χ2n) is 6.00. The summed E-state index contributed by atoms with van der Waals surface area (Å²) in [5, 5.41) is 7.11. The minimum atomic E-state index is -3.84. The molecule has 0 saturated heterocycles. The van der Waals surface area contributed by atoms with Crippen LogP contribution < -0.4 is 0 Å². The molecule has 0 spiro atoms. The van der Waals surface area contributed by atoms with Gasteiger partial charge in [-0.3, -0.25) is 4.79 Å². The number of amides is 1. The number of thiophene rings is 1. The molecule has 0 saturated carbocycles. The third-order valence-corrected chi connectivity index (χ3v) is 7.87. The van der Waals surface area contributed by atoms with E-state index in [0.717, 1.165) is 31.2 Å². The molecule has 0 aliphatic rings. The number of hydrogen-bond acceptors (Lipinski definition) is 6. The number of sulfonamides is 1. The van der Waals surface area contributed by atoms with Crippen molar-refractivity contribution in [1.82, 2.24) is 9.46 Å². The highest BCUT2D eigenvalue weighted by molar-refractivity contribution is 9.10. The maximum absolute atomic E-state index is 12.6. The summed E-state index contributed by atoms with van der Waals surface area (Å²) >= 11 is 4.73. The number of hydrogen-bond donors (Lipinski definition) is 0. The van der Waals surface area contributed by atoms with Crippen molar-refractivity contribution in [3.8, 4) is 11.3 Å². The van der Waals surface area contributed by atoms with Crippen LogP contribution in [0.25, 0.3) is 11.3 Å². The number of nitrogens with zero attached hydrogens (tertiary/aromatic N) is 2. The molecule has 27 heavy (non-hydrogen) atoms. The third-order valence-electron chi connectivity index (χ3n) is 4.33. The Morgan fingerprint density at radius 1 is 1.30 bits per heavy atom. The summed E-state index contributed by atoms with van der Waals surface area (Å²) in [7, 11) is -2.55. The molecule has 2 heterocycles. The molecule has 3 aromatic rings. The number of aromatic nitrogens is 1. The minimum Gasteiger partial charge on any atom is -0.355 e. The van der Waals surface area contributed by atoms with Crippen molar-refractivity contribution in [2.75, 3.05) is 7.05 Å². The third kappa shape index (κ3) is 3.71. The molecule has 0 unspecified atom stereocenters. The molecule has 9 heteroatoms. The summed E-state index contributed by atoms with van der Waals surface area (Å²) in [5.74, 6) is 0.0767. The Morgan fingerprint density at radius 2 is 2.04 bits per heavy atom. The van der Waals surface area contributed by atoms with Gasteiger partial charge in [0.05, 0.1) is 21.5 Å². The highest BCUT2D eigenvalue weighted by atomic mass is 79.9. The van der Waals surface area contributed by atoms with Crippen molar-refractivity contribution in [3.05, 3.63) is 56.3 Å². The molecule has 1 aromatic carbocycles. The normalized spacial score (nSPS) is 11.6. The Bertz CT molecular complexity index is 1090. The van der Waals surface area contributed by atoms with Gasteiger partial charge in [-0.05, 0) is 52.4 Å². The van der Waals surface area contributed by atoms with Gasteiger partial charge >= 0.3 is 0 Å². The van der Waals surface area contributed by atoms with Crippen molar-refractivity contribution >= 4 is 43.2 Å². The predicted octanol–water partition coefficient (Wildman–Crippen LogP) is 4.17. The molecule has 3 rings (SSSR count). The molecule has 0 aliphatic carbocycles. The minimum absolute atomic E-state index is 0.0374. The first-order valence-corrected chi connectivity index (χ1v) is 11.2. The van der Waals surface area contributed by atoms with Crippen LogP contribution in [0.3, 0.4) is 0 Å². The smallest absolute Gasteiger partial charge is 0.267 e. The van der Waals surface area contributed by atoms with Crippen molar-refractivity contribution < 1.29 is 17.7 Å². The standard InChI is InChI=1S/C18H17BrN2O4S2/c1-11-13(5-4-6-15(11)18-17(19)12(2)20-25-18)9-16(22)21(3)27(23,24)14-7-8-26-10-14/h4-8,10H,9H2,1-3H3. The first-order valence-electron chi connectivity index (χ1n) is 7.98. The molecule has 142 valence electrons. The summed E-state index contributed by atoms with van der Waals surface area (Å²) in [6, 6.07) is 6.97. The zero-order valence-corrected chi connectivity index (χ0v) is 18.1. The molecule has 0 radical (unpaired) electrons. The average Bonchev–Trinajstić information content (AvgIpc) is 3.28. The van der Waals surface area contributed by atoms with E-state index in [1.807, 2.05) is 26.0 Å². The van der Waals surface area contributed by atoms with Gasteiger partial charge in [-0.2, -0.15) is 11.3 Å². The summed E-state index contributed by atoms with van der Waals surface area (Å²) in [6.07, 6.45) is -0.0374. The first kappa shape index (κ1) is 19.8. The van der Waals surface area contributed by atoms with E-state index in [4.69, 9.17) is 4.52 Å². The maximum Gasteiger partial charge on any atom is 0.267 e. The van der Waals surface area contributed by atoms with Gasteiger partial charge in [0.25, 0.3) is 10.0 Å². The predicted molar refractivity (Wildman–Crippen MR) is 107 cm³/mol. The van der Waals surface area contributed by atoms with Gasteiger partial charge in [0, 0.05) is 18.0 Å². The summed E-state index contributed by atoms with van der Waals surface area (Å²) in [6.45, 7) is 3.69. The quantitative estimate of drug-likeness (QED) is 0.560. The number of carbonyl (C=O) groups excluding carboxylic acids is 1. The van der Waals surface area contributed by atoms with Crippen molar-refractivity contribution in [2.45, 2.75) is 25.2 Å². The lowest BCUT2D eigenvalue weighted by Crippen LogP contribution is -2.34. The van der Waals surface area contributed by atoms with Crippen molar-refractivity contribution in [1.29, 1.82) is 0 Å². The molecular formula is C18H17BrN2O4S2. The largest absolute Gasteiger partial charge is 0.355 e. The molecule has 6 nitrogen and oxygen atoms in total. The van der Waals surface area contributed by atoms with Gasteiger partial charge in [0.15, 0.2) is 5.76 Å². The fourth-order valence-electron chi connectivity index (χ4n) is 2.61. The SMILES string of the molecule is Cc1noc(-c2cccc(CC(=O)N(C)S(=O)(=O)c3ccsc3)c2C)c1Br. The molecule has 0 fully saturated rings. The fourth-order valence-corrected chi connectivity index (χ4v) is 5.11. The van der Waals surface area contributed by atoms with E-state index >= 15 is 0 Å². The Kier molecular flexibility index (Phi) is 5.55. The van der Waals surface area contributed by atoms with Crippen LogP contribution in [0.5, 0.6) is 0 Å². The Hall–Kier alpha value is -1.97. The van der Waals surface area contributed by atoms with E-state index < -0.39 is 15.9 Å². The molecule has 0 bridgehead atoms. The number of aryl methyl sites for hydroxylation is 1. The number of carbonyl (C=O) groups is 1. The van der Waals surface area contributed by atoms with Gasteiger partial charge in [-0.25, -0.2) is 12.7 Å². The van der Waals surface area contributed by atoms with Crippen LogP contribution >= 0.6 is 27.3 Å². The monoisotopic (exact) mass is 468 g/mol. The highest BCUT2D eigenvalue weighted by Crippen LogP contribution is 2.34. The molecule has 0 atom stereocenters. The zero-order chi connectivity index (χ0) is 19.8. The van der Waals surface area contributed by atoms with Gasteiger partial charge in [0.1, 0.15) is 0 Å². The van der Waals surface area contributed by atoms with Gasteiger partial charge < -0.3 is 4.52 Å². The van der Waals surface area contributed by atoms with Gasteiger partial charge in [0.2, 0.25) is 5.91 Å². The first-order chi connectivity index (χ1) is 12.7. The Morgan fingerprint density at radius 3 is 2.63 bits per heavy atom. The van der Waals surface area contributed by atoms with Crippen molar-refractivity contribution in [2.24, 2.45) is 0 Å². The van der Waals surface area contributed by atoms with E-state index in [-0.39, 0.29) is 11.3 Å². The molecule has 2 aromatic heterocycles. The fraction of sp³-hybridized carbons (Fsp3) is 0.222. The highest BCUT2D eigenvalue weighted by Gasteiger charge is 2.26. The summed E-state index contributed by atoms with van der Waals surface area (Å²) in [4.78, 5) is 12.8. The van der Waals surface area contributed by atoms with E-state index in [1.54, 1.807) is 11.4 Å². The van der Waals surface area contributed by atoms with E-state index in [9.17, 15) is 13.2 Å². The van der Waals surface area contributed by atoms with Gasteiger partial charge in [-0.15, -0.1) is 0 Å². The second kappa shape index (κ2) is 7.57. The average molecular weight is 469 g/mol. The summed E-state index contributed by atoms with van der Waals surface area (Å²) in [5.41, 5.74) is 3.10. The molecule has 0 aliphatic heterocycles. The maximum atomic E-state index is 12.6. The number of halogens is 1. The lowest BCUT2D eigenvalue weighted by atomic mass is 9.98. The van der Waals surface area contributed by atoms with Crippen LogP contribution in [0.4, 0.5) is 0 Å². The van der Waals surface area contributed by atoms with Gasteiger partial charge in [-0.1, -0.05) is 23.4 Å². The molecule has 0 N–H and O–H groups in total. The van der Waals surface area contributed by atoms with Crippen LogP contribution in [0.1, 0.15) is 16.8 Å². The second-order valence-corrected chi connectivity index (χ2v) is 9.55. The molecule has 1 amide bonds. The number of rotatable bonds is 5. The Balaban J connectivity index is 1.89. The Labute approximate surface area is 170 Å². The van der Waals surface area contributed by atoms with Crippen LogP contribution in [0.2, 0.25) is 0 Å². The summed E-state index contributed by atoms with van der Waals surface area (Å²) < 4.78 is 32.0. The number of benzene rings is 1. The van der Waals surface area contributed by atoms with Crippen LogP contribution in [-0.2, 0) is 21.2 Å². The topological polar surface area (TPSA) is 80.5 Å². The lowest BCUT2D eigenvalue weighted by molar-refractivity contribution is -0.124. The zero-order valence-electron chi connectivity index (χ0n) is 14.9. The van der Waals surface area contributed by atoms with E-state index in [2.05, 4.69) is 21.1 Å². The lowest BCUT2D eigenvalue weighted by Gasteiger charge is -2.18. The van der Waals surface area contributed by atoms with E-state index in [1.165, 1.54) is 29.8 Å². The van der Waals surface area contributed by atoms with Crippen LogP contribution in [0, 0.1) is 13.8 Å². The van der Waals surface area contributed by atoms with Crippen LogP contribution in [0.15, 0.2) is 48.9 Å². The number of likely N-dealkylation sites (N-methyl/N-ethyl adjacent to an activating group) is 1. The van der Waals surface area contributed by atoms with E-state index in [0.29, 0.717) is 5.76 Å². The van der Waals surface area contributed by atoms with Crippen molar-refractivity contribution in [3.63, 3.8) is 0 Å². The molecular weight excluding hydrogens is 452 g/mol. The van der Waals surface area contributed by atoms with Crippen LogP contribution in [-0.4, -0.2) is 30.8 Å².